The molecule has 32 heavy (non-hydrogen) atoms. The minimum atomic E-state index is -0.432. The summed E-state index contributed by atoms with van der Waals surface area (Å²) in [6.07, 6.45) is 3.72. The molecule has 0 aromatic heterocycles. The highest BCUT2D eigenvalue weighted by Crippen LogP contribution is 2.34. The number of allylic oxidation sites excluding steroid dienone is 1. The van der Waals surface area contributed by atoms with Gasteiger partial charge in [-0.2, -0.15) is 0 Å². The number of amides is 2. The van der Waals surface area contributed by atoms with Crippen molar-refractivity contribution >= 4 is 34.8 Å². The summed E-state index contributed by atoms with van der Waals surface area (Å²) in [5.41, 5.74) is 3.81. The minimum absolute atomic E-state index is 0.179. The molecule has 0 spiro atoms. The fourth-order valence-electron chi connectivity index (χ4n) is 4.74. The maximum atomic E-state index is 13.1. The monoisotopic (exact) mass is 459 g/mol. The maximum Gasteiger partial charge on any atom is 0.254 e. The van der Waals surface area contributed by atoms with Gasteiger partial charge in [-0.25, -0.2) is 4.99 Å². The molecule has 7 heteroatoms. The number of halogens is 1. The van der Waals surface area contributed by atoms with Crippen LogP contribution in [0.25, 0.3) is 0 Å². The second-order valence-corrected chi connectivity index (χ2v) is 9.82. The molecule has 2 amide bonds. The van der Waals surface area contributed by atoms with E-state index in [2.05, 4.69) is 36.0 Å². The number of nitrogens with zero attached hydrogens (tertiary/aromatic N) is 2. The Bertz CT molecular complexity index is 967. The standard InChI is InChI=1S/C25H34ClN3O3/c1-7-29(19-8-9-32-25(5,6)13-19)22-12-18(26)11-20(17(22)4)23(30)27-14-21-15(2)10-16(3)28-24(21)31/h10-12,19,21H,7-9,13-14H2,1-6H3,(H,27,30). The van der Waals surface area contributed by atoms with Crippen LogP contribution in [0.5, 0.6) is 0 Å². The van der Waals surface area contributed by atoms with Crippen molar-refractivity contribution < 1.29 is 14.3 Å². The normalized spacial score (nSPS) is 22.8. The van der Waals surface area contributed by atoms with E-state index in [1.165, 1.54) is 0 Å². The van der Waals surface area contributed by atoms with Gasteiger partial charge in [-0.1, -0.05) is 17.2 Å². The third kappa shape index (κ3) is 5.41. The number of hydrogen-bond donors (Lipinski definition) is 1. The molecule has 2 aliphatic rings. The first kappa shape index (κ1) is 24.5. The van der Waals surface area contributed by atoms with Crippen molar-refractivity contribution in [3.05, 3.63) is 39.9 Å². The van der Waals surface area contributed by atoms with Crippen molar-refractivity contribution in [1.82, 2.24) is 5.32 Å². The lowest BCUT2D eigenvalue weighted by Gasteiger charge is -2.42. The summed E-state index contributed by atoms with van der Waals surface area (Å²) in [4.78, 5) is 31.7. The highest BCUT2D eigenvalue weighted by molar-refractivity contribution is 6.31. The molecule has 1 aromatic rings. The quantitative estimate of drug-likeness (QED) is 0.667. The fraction of sp³-hybridized carbons (Fsp3) is 0.560. The summed E-state index contributed by atoms with van der Waals surface area (Å²) in [5.74, 6) is -0.884. The highest BCUT2D eigenvalue weighted by atomic mass is 35.5. The molecule has 0 bridgehead atoms. The van der Waals surface area contributed by atoms with Crippen LogP contribution >= 0.6 is 11.6 Å². The fourth-order valence-corrected chi connectivity index (χ4v) is 4.95. The van der Waals surface area contributed by atoms with Crippen molar-refractivity contribution in [2.24, 2.45) is 10.9 Å². The van der Waals surface area contributed by atoms with E-state index in [-0.39, 0.29) is 24.0 Å². The molecule has 0 radical (unpaired) electrons. The van der Waals surface area contributed by atoms with Gasteiger partial charge in [-0.15, -0.1) is 0 Å². The number of hydrogen-bond acceptors (Lipinski definition) is 4. The zero-order chi connectivity index (χ0) is 23.6. The lowest BCUT2D eigenvalue weighted by Crippen LogP contribution is -2.46. The van der Waals surface area contributed by atoms with Crippen molar-refractivity contribution in [1.29, 1.82) is 0 Å². The van der Waals surface area contributed by atoms with E-state index in [1.54, 1.807) is 13.0 Å². The van der Waals surface area contributed by atoms with Crippen molar-refractivity contribution in [3.8, 4) is 0 Å². The van der Waals surface area contributed by atoms with Crippen LogP contribution in [-0.4, -0.2) is 48.9 Å². The SMILES string of the molecule is CCN(c1cc(Cl)cc(C(=O)NCC2C(=O)N=C(C)C=C2C)c1C)C1CCOC(C)(C)C1. The molecule has 0 saturated carbocycles. The van der Waals surface area contributed by atoms with Crippen LogP contribution in [0.1, 0.15) is 63.4 Å². The Balaban J connectivity index is 1.82. The van der Waals surface area contributed by atoms with Crippen LogP contribution in [0.3, 0.4) is 0 Å². The summed E-state index contributed by atoms with van der Waals surface area (Å²) in [5, 5.41) is 3.44. The van der Waals surface area contributed by atoms with Gasteiger partial charge in [0.2, 0.25) is 0 Å². The van der Waals surface area contributed by atoms with Gasteiger partial charge in [0.1, 0.15) is 0 Å². The van der Waals surface area contributed by atoms with Crippen LogP contribution < -0.4 is 10.2 Å². The second-order valence-electron chi connectivity index (χ2n) is 9.38. The zero-order valence-corrected chi connectivity index (χ0v) is 20.7. The predicted octanol–water partition coefficient (Wildman–Crippen LogP) is 4.73. The van der Waals surface area contributed by atoms with Gasteiger partial charge in [-0.05, 0) is 78.2 Å². The molecule has 174 valence electrons. The smallest absolute Gasteiger partial charge is 0.254 e. The molecule has 2 unspecified atom stereocenters. The molecule has 3 rings (SSSR count). The summed E-state index contributed by atoms with van der Waals surface area (Å²) >= 11 is 6.46. The number of benzene rings is 1. The van der Waals surface area contributed by atoms with E-state index in [4.69, 9.17) is 16.3 Å². The lowest BCUT2D eigenvalue weighted by atomic mass is 9.91. The average Bonchev–Trinajstić information content (AvgIpc) is 2.69. The predicted molar refractivity (Wildman–Crippen MR) is 130 cm³/mol. The molecule has 2 heterocycles. The summed E-state index contributed by atoms with van der Waals surface area (Å²) in [7, 11) is 0. The van der Waals surface area contributed by atoms with Gasteiger partial charge in [0.25, 0.3) is 11.8 Å². The number of rotatable bonds is 6. The van der Waals surface area contributed by atoms with Crippen molar-refractivity contribution in [3.63, 3.8) is 0 Å². The average molecular weight is 460 g/mol. The van der Waals surface area contributed by atoms with Crippen LogP contribution in [-0.2, 0) is 9.53 Å². The maximum absolute atomic E-state index is 13.1. The van der Waals surface area contributed by atoms with E-state index < -0.39 is 5.92 Å². The van der Waals surface area contributed by atoms with E-state index >= 15 is 0 Å². The number of anilines is 1. The van der Waals surface area contributed by atoms with Crippen LogP contribution in [0, 0.1) is 12.8 Å². The van der Waals surface area contributed by atoms with Gasteiger partial charge in [-0.3, -0.25) is 9.59 Å². The van der Waals surface area contributed by atoms with E-state index in [0.717, 1.165) is 36.2 Å². The molecule has 6 nitrogen and oxygen atoms in total. The molecule has 1 fully saturated rings. The van der Waals surface area contributed by atoms with E-state index in [0.29, 0.717) is 28.9 Å². The number of dihydropyridines is 1. The molecule has 1 N–H and O–H groups in total. The van der Waals surface area contributed by atoms with Gasteiger partial charge in [0, 0.05) is 47.7 Å². The molecule has 1 saturated heterocycles. The van der Waals surface area contributed by atoms with Gasteiger partial charge >= 0.3 is 0 Å². The Labute approximate surface area is 196 Å². The Hall–Kier alpha value is -2.18. The number of ether oxygens (including phenoxy) is 1. The first-order valence-electron chi connectivity index (χ1n) is 11.3. The molecule has 1 aromatic carbocycles. The second kappa shape index (κ2) is 9.75. The first-order chi connectivity index (χ1) is 15.0. The third-order valence-electron chi connectivity index (χ3n) is 6.39. The van der Waals surface area contributed by atoms with Crippen molar-refractivity contribution in [2.45, 2.75) is 66.0 Å². The summed E-state index contributed by atoms with van der Waals surface area (Å²) in [6, 6.07) is 3.95. The highest BCUT2D eigenvalue weighted by Gasteiger charge is 2.33. The van der Waals surface area contributed by atoms with E-state index in [9.17, 15) is 9.59 Å². The zero-order valence-electron chi connectivity index (χ0n) is 19.9. The summed E-state index contributed by atoms with van der Waals surface area (Å²) < 4.78 is 5.90. The number of nitrogens with one attached hydrogen (secondary N) is 1. The molecular formula is C25H34ClN3O3. The number of carbonyl (C=O) groups is 2. The molecule has 2 atom stereocenters. The third-order valence-corrected chi connectivity index (χ3v) is 6.61. The first-order valence-corrected chi connectivity index (χ1v) is 11.7. The Morgan fingerprint density at radius 2 is 2.03 bits per heavy atom. The largest absolute Gasteiger partial charge is 0.375 e. The van der Waals surface area contributed by atoms with Gasteiger partial charge in [0.05, 0.1) is 11.5 Å². The van der Waals surface area contributed by atoms with E-state index in [1.807, 2.05) is 26.0 Å². The van der Waals surface area contributed by atoms with Crippen molar-refractivity contribution in [2.75, 3.05) is 24.6 Å². The Morgan fingerprint density at radius 1 is 1.31 bits per heavy atom. The number of aliphatic imine (C=N–C) groups is 1. The van der Waals surface area contributed by atoms with Gasteiger partial charge < -0.3 is 15.0 Å². The Kier molecular flexibility index (Phi) is 7.46. The summed E-state index contributed by atoms with van der Waals surface area (Å²) in [6.45, 7) is 13.7. The van der Waals surface area contributed by atoms with Gasteiger partial charge in [0.15, 0.2) is 0 Å². The van der Waals surface area contributed by atoms with Crippen LogP contribution in [0.2, 0.25) is 5.02 Å². The Morgan fingerprint density at radius 3 is 2.66 bits per heavy atom. The van der Waals surface area contributed by atoms with Crippen LogP contribution in [0.15, 0.2) is 28.8 Å². The number of carbonyl (C=O) groups excluding carboxylic acids is 2. The lowest BCUT2D eigenvalue weighted by molar-refractivity contribution is -0.120. The molecule has 0 aliphatic carbocycles. The molecular weight excluding hydrogens is 426 g/mol. The molecule has 2 aliphatic heterocycles. The van der Waals surface area contributed by atoms with Crippen LogP contribution in [0.4, 0.5) is 5.69 Å². The topological polar surface area (TPSA) is 71.0 Å². The minimum Gasteiger partial charge on any atom is -0.375 e.